The number of anilines is 1. The molecule has 0 atom stereocenters. The van der Waals surface area contributed by atoms with Gasteiger partial charge >= 0.3 is 0 Å². The minimum absolute atomic E-state index is 0.295. The molecule has 2 aromatic rings. The molecule has 0 bridgehead atoms. The highest BCUT2D eigenvalue weighted by molar-refractivity contribution is 7.15. The molecule has 0 saturated carbocycles. The quantitative estimate of drug-likeness (QED) is 0.917. The van der Waals surface area contributed by atoms with Crippen LogP contribution in [0.5, 0.6) is 11.5 Å². The van der Waals surface area contributed by atoms with Crippen LogP contribution in [0.1, 0.15) is 24.4 Å². The average molecular weight is 291 g/mol. The smallest absolute Gasteiger partial charge is 0.231 e. The molecule has 0 unspecified atom stereocenters. The molecule has 1 aromatic carbocycles. The molecular weight excluding hydrogens is 274 g/mol. The van der Waals surface area contributed by atoms with E-state index in [-0.39, 0.29) is 0 Å². The Morgan fingerprint density at radius 1 is 1.30 bits per heavy atom. The molecule has 106 valence electrons. The molecule has 6 heteroatoms. The first kappa shape index (κ1) is 13.2. The zero-order valence-corrected chi connectivity index (χ0v) is 12.4. The third kappa shape index (κ3) is 2.85. The molecule has 1 aliphatic rings. The van der Waals surface area contributed by atoms with E-state index in [1.54, 1.807) is 11.3 Å². The van der Waals surface area contributed by atoms with Gasteiger partial charge in [0.25, 0.3) is 0 Å². The van der Waals surface area contributed by atoms with E-state index in [1.807, 2.05) is 18.2 Å². The molecule has 5 nitrogen and oxygen atoms in total. The Morgan fingerprint density at radius 2 is 2.20 bits per heavy atom. The van der Waals surface area contributed by atoms with Gasteiger partial charge in [0.15, 0.2) is 11.5 Å². The number of rotatable bonds is 5. The predicted molar refractivity (Wildman–Crippen MR) is 78.3 cm³/mol. The summed E-state index contributed by atoms with van der Waals surface area (Å²) in [4.78, 5) is 0. The van der Waals surface area contributed by atoms with Crippen LogP contribution in [0.4, 0.5) is 5.13 Å². The van der Waals surface area contributed by atoms with Gasteiger partial charge in [-0.05, 0) is 12.0 Å². The molecule has 1 aliphatic heterocycles. The van der Waals surface area contributed by atoms with E-state index < -0.39 is 0 Å². The van der Waals surface area contributed by atoms with E-state index in [4.69, 9.17) is 9.47 Å². The number of fused-ring (bicyclic) bond motifs is 1. The molecule has 0 fully saturated rings. The molecular formula is C14H17N3O2S. The van der Waals surface area contributed by atoms with Gasteiger partial charge in [0, 0.05) is 18.5 Å². The van der Waals surface area contributed by atoms with Crippen molar-refractivity contribution in [2.75, 3.05) is 12.1 Å². The number of nitrogens with zero attached hydrogens (tertiary/aromatic N) is 2. The fraction of sp³-hybridized carbons (Fsp3) is 0.429. The van der Waals surface area contributed by atoms with Gasteiger partial charge in [-0.2, -0.15) is 0 Å². The highest BCUT2D eigenvalue weighted by atomic mass is 32.1. The fourth-order valence-electron chi connectivity index (χ4n) is 2.06. The summed E-state index contributed by atoms with van der Waals surface area (Å²) >= 11 is 1.61. The summed E-state index contributed by atoms with van der Waals surface area (Å²) in [6.45, 7) is 5.31. The number of benzene rings is 1. The standard InChI is InChI=1S/C14H17N3O2S/c1-9(2)6-12-16-17-14(20-12)15-7-10-4-3-5-11-13(10)19-8-18-11/h3-5,9H,6-8H2,1-2H3,(H,15,17). The predicted octanol–water partition coefficient (Wildman–Crippen LogP) is 3.08. The summed E-state index contributed by atoms with van der Waals surface area (Å²) in [6, 6.07) is 5.91. The Hall–Kier alpha value is -1.82. The topological polar surface area (TPSA) is 56.3 Å². The van der Waals surface area contributed by atoms with Crippen LogP contribution in [0.15, 0.2) is 18.2 Å². The van der Waals surface area contributed by atoms with E-state index in [1.165, 1.54) is 0 Å². The van der Waals surface area contributed by atoms with Crippen LogP contribution < -0.4 is 14.8 Å². The third-order valence-electron chi connectivity index (χ3n) is 2.96. The van der Waals surface area contributed by atoms with Gasteiger partial charge in [-0.15, -0.1) is 10.2 Å². The minimum atomic E-state index is 0.295. The molecule has 0 radical (unpaired) electrons. The molecule has 0 spiro atoms. The van der Waals surface area contributed by atoms with Crippen LogP contribution in [0.2, 0.25) is 0 Å². The van der Waals surface area contributed by atoms with Crippen molar-refractivity contribution >= 4 is 16.5 Å². The SMILES string of the molecule is CC(C)Cc1nnc(NCc2cccc3c2OCO3)s1. The third-order valence-corrected chi connectivity index (χ3v) is 3.86. The van der Waals surface area contributed by atoms with Crippen molar-refractivity contribution in [1.82, 2.24) is 10.2 Å². The van der Waals surface area contributed by atoms with Crippen molar-refractivity contribution in [2.45, 2.75) is 26.8 Å². The summed E-state index contributed by atoms with van der Waals surface area (Å²) in [6.07, 6.45) is 0.969. The number of hydrogen-bond donors (Lipinski definition) is 1. The van der Waals surface area contributed by atoms with Crippen LogP contribution in [0.25, 0.3) is 0 Å². The molecule has 0 amide bonds. The summed E-state index contributed by atoms with van der Waals surface area (Å²) in [5.74, 6) is 2.23. The minimum Gasteiger partial charge on any atom is -0.454 e. The van der Waals surface area contributed by atoms with Crippen LogP contribution in [0.3, 0.4) is 0 Å². The van der Waals surface area contributed by atoms with Crippen molar-refractivity contribution in [2.24, 2.45) is 5.92 Å². The number of nitrogens with one attached hydrogen (secondary N) is 1. The zero-order chi connectivity index (χ0) is 13.9. The van der Waals surface area contributed by atoms with Crippen molar-refractivity contribution in [3.05, 3.63) is 28.8 Å². The van der Waals surface area contributed by atoms with Crippen molar-refractivity contribution < 1.29 is 9.47 Å². The Morgan fingerprint density at radius 3 is 3.05 bits per heavy atom. The Labute approximate surface area is 121 Å². The number of aromatic nitrogens is 2. The van der Waals surface area contributed by atoms with E-state index >= 15 is 0 Å². The first-order valence-electron chi connectivity index (χ1n) is 6.66. The number of hydrogen-bond acceptors (Lipinski definition) is 6. The summed E-state index contributed by atoms with van der Waals surface area (Å²) in [5.41, 5.74) is 1.07. The highest BCUT2D eigenvalue weighted by Gasteiger charge is 2.17. The Kier molecular flexibility index (Phi) is 3.73. The second kappa shape index (κ2) is 5.66. The molecule has 2 heterocycles. The molecule has 0 aliphatic carbocycles. The maximum atomic E-state index is 5.48. The van der Waals surface area contributed by atoms with Gasteiger partial charge < -0.3 is 14.8 Å². The Bertz CT molecular complexity index is 598. The van der Waals surface area contributed by atoms with Gasteiger partial charge in [0.2, 0.25) is 11.9 Å². The lowest BCUT2D eigenvalue weighted by Crippen LogP contribution is -2.00. The first-order valence-corrected chi connectivity index (χ1v) is 7.48. The van der Waals surface area contributed by atoms with Crippen LogP contribution in [-0.2, 0) is 13.0 Å². The van der Waals surface area contributed by atoms with Crippen molar-refractivity contribution in [3.8, 4) is 11.5 Å². The fourth-order valence-corrected chi connectivity index (χ4v) is 3.00. The van der Waals surface area contributed by atoms with Crippen molar-refractivity contribution in [1.29, 1.82) is 0 Å². The van der Waals surface area contributed by atoms with E-state index in [9.17, 15) is 0 Å². The summed E-state index contributed by atoms with van der Waals surface area (Å²) in [5, 5.41) is 13.6. The van der Waals surface area contributed by atoms with Crippen LogP contribution >= 0.6 is 11.3 Å². The lowest BCUT2D eigenvalue weighted by atomic mass is 10.1. The van der Waals surface area contributed by atoms with Gasteiger partial charge in [0.05, 0.1) is 0 Å². The number of para-hydroxylation sites is 1. The maximum absolute atomic E-state index is 5.48. The monoisotopic (exact) mass is 291 g/mol. The van der Waals surface area contributed by atoms with Gasteiger partial charge in [-0.25, -0.2) is 0 Å². The average Bonchev–Trinajstić information content (AvgIpc) is 3.04. The lowest BCUT2D eigenvalue weighted by molar-refractivity contribution is 0.173. The zero-order valence-electron chi connectivity index (χ0n) is 11.5. The first-order chi connectivity index (χ1) is 9.72. The van der Waals surface area contributed by atoms with Crippen LogP contribution in [-0.4, -0.2) is 17.0 Å². The summed E-state index contributed by atoms with van der Waals surface area (Å²) in [7, 11) is 0. The molecule has 3 rings (SSSR count). The second-order valence-electron chi connectivity index (χ2n) is 5.10. The molecule has 20 heavy (non-hydrogen) atoms. The lowest BCUT2D eigenvalue weighted by Gasteiger charge is -2.05. The second-order valence-corrected chi connectivity index (χ2v) is 6.17. The summed E-state index contributed by atoms with van der Waals surface area (Å²) < 4.78 is 10.8. The van der Waals surface area contributed by atoms with Crippen molar-refractivity contribution in [3.63, 3.8) is 0 Å². The van der Waals surface area contributed by atoms with E-state index in [0.717, 1.165) is 33.6 Å². The maximum Gasteiger partial charge on any atom is 0.231 e. The van der Waals surface area contributed by atoms with Gasteiger partial charge in [0.1, 0.15) is 5.01 Å². The largest absolute Gasteiger partial charge is 0.454 e. The molecule has 0 saturated heterocycles. The molecule has 1 aromatic heterocycles. The van der Waals surface area contributed by atoms with Crippen LogP contribution in [0, 0.1) is 5.92 Å². The normalized spacial score (nSPS) is 12.9. The van der Waals surface area contributed by atoms with E-state index in [2.05, 4.69) is 29.4 Å². The van der Waals surface area contributed by atoms with E-state index in [0.29, 0.717) is 19.3 Å². The molecule has 1 N–H and O–H groups in total. The highest BCUT2D eigenvalue weighted by Crippen LogP contribution is 2.35. The number of ether oxygens (including phenoxy) is 2. The van der Waals surface area contributed by atoms with Gasteiger partial charge in [-0.3, -0.25) is 0 Å². The Balaban J connectivity index is 1.65. The van der Waals surface area contributed by atoms with Gasteiger partial charge in [-0.1, -0.05) is 37.3 Å².